The van der Waals surface area contributed by atoms with Crippen LogP contribution in [0.3, 0.4) is 0 Å². The number of hydrogen-bond acceptors (Lipinski definition) is 4. The Kier molecular flexibility index (Phi) is 7.03. The number of likely N-dealkylation sites (tertiary alicyclic amines) is 1. The van der Waals surface area contributed by atoms with Crippen molar-refractivity contribution in [2.75, 3.05) is 13.1 Å². The predicted octanol–water partition coefficient (Wildman–Crippen LogP) is 5.39. The second kappa shape index (κ2) is 9.77. The fourth-order valence-electron chi connectivity index (χ4n) is 3.98. The van der Waals surface area contributed by atoms with Gasteiger partial charge in [0.1, 0.15) is 0 Å². The average molecular weight is 488 g/mol. The van der Waals surface area contributed by atoms with Crippen molar-refractivity contribution >= 4 is 33.0 Å². The molecule has 4 nitrogen and oxygen atoms in total. The lowest BCUT2D eigenvalue weighted by molar-refractivity contribution is 0.202. The number of rotatable bonds is 7. The quantitative estimate of drug-likeness (QED) is 0.485. The summed E-state index contributed by atoms with van der Waals surface area (Å²) in [5, 5.41) is 12.0. The number of sulfone groups is 1. The molecule has 1 heterocycles. The average Bonchev–Trinajstić information content (AvgIpc) is 2.74. The van der Waals surface area contributed by atoms with Crippen LogP contribution in [0.5, 0.6) is 0 Å². The summed E-state index contributed by atoms with van der Waals surface area (Å²) < 4.78 is 25.4. The van der Waals surface area contributed by atoms with E-state index >= 15 is 0 Å². The molecule has 1 saturated heterocycles. The van der Waals surface area contributed by atoms with Gasteiger partial charge in [-0.1, -0.05) is 71.7 Å². The molecule has 0 unspecified atom stereocenters. The maximum atomic E-state index is 12.7. The van der Waals surface area contributed by atoms with Crippen molar-refractivity contribution in [1.29, 1.82) is 0 Å². The highest BCUT2D eigenvalue weighted by Gasteiger charge is 2.31. The number of hydrogen-bond donors (Lipinski definition) is 1. The Morgan fingerprint density at radius 3 is 1.94 bits per heavy atom. The Hall–Kier alpha value is -2.15. The van der Waals surface area contributed by atoms with E-state index in [4.69, 9.17) is 23.2 Å². The van der Waals surface area contributed by atoms with E-state index in [1.165, 1.54) is 5.41 Å². The molecule has 7 heteroatoms. The first-order valence-electron chi connectivity index (χ1n) is 10.2. The Morgan fingerprint density at radius 1 is 0.875 bits per heavy atom. The first kappa shape index (κ1) is 23.0. The summed E-state index contributed by atoms with van der Waals surface area (Å²) in [4.78, 5) is 2.22. The van der Waals surface area contributed by atoms with Crippen molar-refractivity contribution in [3.05, 3.63) is 116 Å². The molecule has 3 aromatic rings. The SMILES string of the molecule is O=S(=O)(C=C1CN(C(c2ccc(Cl)cc2)c2ccc(Cl)cc2)C1)Cc1cccc(CO)c1. The molecule has 3 aromatic carbocycles. The van der Waals surface area contributed by atoms with Crippen molar-refractivity contribution in [3.8, 4) is 0 Å². The van der Waals surface area contributed by atoms with Gasteiger partial charge in [-0.2, -0.15) is 0 Å². The van der Waals surface area contributed by atoms with E-state index in [2.05, 4.69) is 4.90 Å². The Bertz CT molecular complexity index is 1170. The van der Waals surface area contributed by atoms with Crippen LogP contribution in [-0.4, -0.2) is 31.5 Å². The summed E-state index contributed by atoms with van der Waals surface area (Å²) in [5.74, 6) is -0.0812. The van der Waals surface area contributed by atoms with E-state index < -0.39 is 9.84 Å². The lowest BCUT2D eigenvalue weighted by atomic mass is 9.93. The first-order valence-corrected chi connectivity index (χ1v) is 12.7. The van der Waals surface area contributed by atoms with Crippen LogP contribution < -0.4 is 0 Å². The molecule has 4 rings (SSSR count). The monoisotopic (exact) mass is 487 g/mol. The lowest BCUT2D eigenvalue weighted by Crippen LogP contribution is -2.43. The summed E-state index contributed by atoms with van der Waals surface area (Å²) in [6.45, 7) is 1.01. The van der Waals surface area contributed by atoms with Gasteiger partial charge >= 0.3 is 0 Å². The Morgan fingerprint density at radius 2 is 1.41 bits per heavy atom. The molecule has 1 aliphatic rings. The fourth-order valence-corrected chi connectivity index (χ4v) is 5.62. The van der Waals surface area contributed by atoms with E-state index in [0.717, 1.165) is 16.7 Å². The zero-order valence-electron chi connectivity index (χ0n) is 17.3. The summed E-state index contributed by atoms with van der Waals surface area (Å²) in [5.41, 5.74) is 4.41. The van der Waals surface area contributed by atoms with E-state index in [1.807, 2.05) is 48.5 Å². The number of halogens is 2. The largest absolute Gasteiger partial charge is 0.392 e. The molecule has 32 heavy (non-hydrogen) atoms. The van der Waals surface area contributed by atoms with Gasteiger partial charge in [0.2, 0.25) is 0 Å². The van der Waals surface area contributed by atoms with Crippen molar-refractivity contribution in [3.63, 3.8) is 0 Å². The Labute approximate surface area is 198 Å². The number of aliphatic hydroxyl groups is 1. The smallest absolute Gasteiger partial charge is 0.175 e. The second-order valence-corrected chi connectivity index (χ2v) is 10.7. The predicted molar refractivity (Wildman–Crippen MR) is 129 cm³/mol. The molecule has 0 amide bonds. The third-order valence-corrected chi connectivity index (χ3v) is 7.37. The zero-order chi connectivity index (χ0) is 22.7. The van der Waals surface area contributed by atoms with Gasteiger partial charge in [-0.25, -0.2) is 8.42 Å². The van der Waals surface area contributed by atoms with Crippen LogP contribution in [0.25, 0.3) is 0 Å². The third-order valence-electron chi connectivity index (χ3n) is 5.44. The zero-order valence-corrected chi connectivity index (χ0v) is 19.6. The van der Waals surface area contributed by atoms with Crippen LogP contribution in [0.15, 0.2) is 83.8 Å². The number of aliphatic hydroxyl groups excluding tert-OH is 1. The standard InChI is InChI=1S/C25H23Cl2NO3S/c26-23-8-4-21(5-9-23)25(22-6-10-24(27)11-7-22)28-13-20(14-28)17-32(30,31)16-19-3-1-2-18(12-19)15-29/h1-12,17,25,29H,13-16H2. The summed E-state index contributed by atoms with van der Waals surface area (Å²) in [6, 6.07) is 22.4. The molecule has 0 aliphatic carbocycles. The van der Waals surface area contributed by atoms with Crippen LogP contribution >= 0.6 is 23.2 Å². The maximum absolute atomic E-state index is 12.7. The van der Waals surface area contributed by atoms with Crippen LogP contribution in [0.1, 0.15) is 28.3 Å². The van der Waals surface area contributed by atoms with E-state index in [1.54, 1.807) is 24.3 Å². The molecule has 1 fully saturated rings. The van der Waals surface area contributed by atoms with Gasteiger partial charge in [0, 0.05) is 28.5 Å². The van der Waals surface area contributed by atoms with Crippen LogP contribution in [0.4, 0.5) is 0 Å². The van der Waals surface area contributed by atoms with Gasteiger partial charge in [0.15, 0.2) is 9.84 Å². The molecule has 1 aliphatic heterocycles. The van der Waals surface area contributed by atoms with Crippen LogP contribution in [0, 0.1) is 0 Å². The molecule has 0 spiro atoms. The van der Waals surface area contributed by atoms with Crippen LogP contribution in [0.2, 0.25) is 10.0 Å². The minimum atomic E-state index is -3.41. The van der Waals surface area contributed by atoms with Gasteiger partial charge < -0.3 is 5.11 Å². The Balaban J connectivity index is 1.52. The molecule has 166 valence electrons. The van der Waals surface area contributed by atoms with E-state index in [0.29, 0.717) is 34.3 Å². The molecule has 0 atom stereocenters. The minimum absolute atomic E-state index is 0.0226. The maximum Gasteiger partial charge on any atom is 0.175 e. The van der Waals surface area contributed by atoms with E-state index in [9.17, 15) is 13.5 Å². The number of benzene rings is 3. The highest BCUT2D eigenvalue weighted by molar-refractivity contribution is 7.93. The van der Waals surface area contributed by atoms with Gasteiger partial charge in [-0.3, -0.25) is 4.90 Å². The molecular formula is C25H23Cl2NO3S. The van der Waals surface area contributed by atoms with Crippen molar-refractivity contribution in [2.24, 2.45) is 0 Å². The fraction of sp³-hybridized carbons (Fsp3) is 0.200. The van der Waals surface area contributed by atoms with Gasteiger partial charge in [0.05, 0.1) is 18.4 Å². The van der Waals surface area contributed by atoms with Gasteiger partial charge in [-0.15, -0.1) is 0 Å². The van der Waals surface area contributed by atoms with Crippen molar-refractivity contribution < 1.29 is 13.5 Å². The van der Waals surface area contributed by atoms with Crippen LogP contribution in [-0.2, 0) is 22.2 Å². The molecule has 1 N–H and O–H groups in total. The summed E-state index contributed by atoms with van der Waals surface area (Å²) in [7, 11) is -3.41. The lowest BCUT2D eigenvalue weighted by Gasteiger charge is -2.41. The van der Waals surface area contributed by atoms with Gasteiger partial charge in [0.25, 0.3) is 0 Å². The highest BCUT2D eigenvalue weighted by Crippen LogP contribution is 2.35. The van der Waals surface area contributed by atoms with Crippen molar-refractivity contribution in [1.82, 2.24) is 4.90 Å². The highest BCUT2D eigenvalue weighted by atomic mass is 35.5. The summed E-state index contributed by atoms with van der Waals surface area (Å²) >= 11 is 12.1. The molecule has 0 aromatic heterocycles. The van der Waals surface area contributed by atoms with E-state index in [-0.39, 0.29) is 18.4 Å². The second-order valence-electron chi connectivity index (χ2n) is 7.97. The first-order chi connectivity index (χ1) is 15.3. The summed E-state index contributed by atoms with van der Waals surface area (Å²) in [6.07, 6.45) is 0. The third kappa shape index (κ3) is 5.61. The molecular weight excluding hydrogens is 465 g/mol. The van der Waals surface area contributed by atoms with Crippen molar-refractivity contribution in [2.45, 2.75) is 18.4 Å². The molecule has 0 radical (unpaired) electrons. The molecule has 0 bridgehead atoms. The number of nitrogens with zero attached hydrogens (tertiary/aromatic N) is 1. The normalized spacial score (nSPS) is 14.4. The minimum Gasteiger partial charge on any atom is -0.392 e. The topological polar surface area (TPSA) is 57.6 Å². The molecule has 0 saturated carbocycles. The van der Waals surface area contributed by atoms with Gasteiger partial charge in [-0.05, 0) is 52.1 Å².